The van der Waals surface area contributed by atoms with Crippen LogP contribution in [0.2, 0.25) is 0 Å². The van der Waals surface area contributed by atoms with Crippen molar-refractivity contribution in [3.05, 3.63) is 12.7 Å². The quantitative estimate of drug-likeness (QED) is 0.588. The molecule has 0 aliphatic heterocycles. The normalized spacial score (nSPS) is 9.70. The summed E-state index contributed by atoms with van der Waals surface area (Å²) in [7, 11) is 1.80. The highest BCUT2D eigenvalue weighted by atomic mass is 32.2. The van der Waals surface area contributed by atoms with Crippen molar-refractivity contribution in [2.24, 2.45) is 7.05 Å². The average molecular weight is 155 g/mol. The molecule has 0 saturated carbocycles. The lowest BCUT2D eigenvalue weighted by molar-refractivity contribution is 0.665. The third-order valence-corrected chi connectivity index (χ3v) is 1.84. The van der Waals surface area contributed by atoms with E-state index >= 15 is 0 Å². The molecule has 1 heterocycles. The van der Waals surface area contributed by atoms with Crippen LogP contribution in [0.1, 0.15) is 0 Å². The number of hydrogen-bond acceptors (Lipinski definition) is 4. The molecule has 0 aliphatic rings. The highest BCUT2D eigenvalue weighted by Gasteiger charge is 1.98. The summed E-state index contributed by atoms with van der Waals surface area (Å²) < 4.78 is 1.61. The van der Waals surface area contributed by atoms with Crippen molar-refractivity contribution in [3.63, 3.8) is 0 Å². The predicted octanol–water partition coefficient (Wildman–Crippen LogP) is 0.291. The molecule has 4 nitrogen and oxygen atoms in total. The SMILES string of the molecule is C=[C]CSc1nnnn1C. The second kappa shape index (κ2) is 3.36. The summed E-state index contributed by atoms with van der Waals surface area (Å²) in [6.45, 7) is 3.47. The number of hydrogen-bond donors (Lipinski definition) is 0. The second-order valence-corrected chi connectivity index (χ2v) is 2.57. The van der Waals surface area contributed by atoms with Crippen molar-refractivity contribution in [2.75, 3.05) is 5.75 Å². The van der Waals surface area contributed by atoms with Crippen LogP contribution in [0.3, 0.4) is 0 Å². The Hall–Kier alpha value is -0.840. The number of rotatable bonds is 3. The van der Waals surface area contributed by atoms with Crippen LogP contribution in [0.15, 0.2) is 11.7 Å². The third-order valence-electron chi connectivity index (χ3n) is 0.885. The molecule has 1 aromatic heterocycles. The smallest absolute Gasteiger partial charge is 0.209 e. The maximum atomic E-state index is 3.75. The van der Waals surface area contributed by atoms with Gasteiger partial charge in [-0.15, -0.1) is 5.10 Å². The third kappa shape index (κ3) is 1.57. The van der Waals surface area contributed by atoms with E-state index < -0.39 is 0 Å². The molecule has 0 unspecified atom stereocenters. The Morgan fingerprint density at radius 2 is 2.60 bits per heavy atom. The van der Waals surface area contributed by atoms with Crippen molar-refractivity contribution < 1.29 is 0 Å². The van der Waals surface area contributed by atoms with Crippen LogP contribution >= 0.6 is 11.8 Å². The van der Waals surface area contributed by atoms with E-state index in [1.165, 1.54) is 11.8 Å². The maximum Gasteiger partial charge on any atom is 0.209 e. The van der Waals surface area contributed by atoms with Gasteiger partial charge in [-0.05, 0) is 16.5 Å². The number of nitrogens with zero attached hydrogens (tertiary/aromatic N) is 4. The molecule has 5 heteroatoms. The summed E-state index contributed by atoms with van der Waals surface area (Å²) in [5, 5.41) is 11.7. The van der Waals surface area contributed by atoms with E-state index in [9.17, 15) is 0 Å². The lowest BCUT2D eigenvalue weighted by Gasteiger charge is -1.91. The first-order chi connectivity index (χ1) is 4.84. The van der Waals surface area contributed by atoms with E-state index in [2.05, 4.69) is 28.2 Å². The van der Waals surface area contributed by atoms with Crippen LogP contribution in [0.4, 0.5) is 0 Å². The van der Waals surface area contributed by atoms with E-state index in [1.807, 2.05) is 0 Å². The van der Waals surface area contributed by atoms with Crippen LogP contribution < -0.4 is 0 Å². The lowest BCUT2D eigenvalue weighted by Crippen LogP contribution is -1.92. The van der Waals surface area contributed by atoms with Gasteiger partial charge in [0.2, 0.25) is 5.16 Å². The fourth-order valence-corrected chi connectivity index (χ4v) is 1.01. The first-order valence-electron chi connectivity index (χ1n) is 2.69. The van der Waals surface area contributed by atoms with Gasteiger partial charge in [-0.25, -0.2) is 4.68 Å². The molecule has 0 fully saturated rings. The Morgan fingerprint density at radius 1 is 1.80 bits per heavy atom. The molecule has 0 bridgehead atoms. The molecular weight excluding hydrogens is 148 g/mol. The van der Waals surface area contributed by atoms with Crippen LogP contribution in [0.5, 0.6) is 0 Å². The maximum absolute atomic E-state index is 3.75. The summed E-state index contributed by atoms with van der Waals surface area (Å²) in [6.07, 6.45) is 2.74. The highest BCUT2D eigenvalue weighted by Crippen LogP contribution is 2.10. The average Bonchev–Trinajstić information content (AvgIpc) is 2.31. The van der Waals surface area contributed by atoms with Crippen LogP contribution in [0, 0.1) is 6.08 Å². The molecule has 1 radical (unpaired) electrons. The first kappa shape index (κ1) is 7.27. The number of aromatic nitrogens is 4. The lowest BCUT2D eigenvalue weighted by atomic mass is 10.8. The van der Waals surface area contributed by atoms with Gasteiger partial charge in [-0.2, -0.15) is 0 Å². The van der Waals surface area contributed by atoms with Gasteiger partial charge < -0.3 is 0 Å². The topological polar surface area (TPSA) is 43.6 Å². The number of tetrazole rings is 1. The second-order valence-electron chi connectivity index (χ2n) is 1.62. The molecule has 0 N–H and O–H groups in total. The minimum Gasteiger partial charge on any atom is -0.224 e. The van der Waals surface area contributed by atoms with Gasteiger partial charge in [0.1, 0.15) is 0 Å². The van der Waals surface area contributed by atoms with Gasteiger partial charge in [0.15, 0.2) is 0 Å². The first-order valence-corrected chi connectivity index (χ1v) is 3.68. The Labute approximate surface area is 63.3 Å². The van der Waals surface area contributed by atoms with Gasteiger partial charge in [-0.3, -0.25) is 0 Å². The zero-order valence-corrected chi connectivity index (χ0v) is 6.43. The predicted molar refractivity (Wildman–Crippen MR) is 38.4 cm³/mol. The summed E-state index contributed by atoms with van der Waals surface area (Å²) in [5.74, 6) is 0.716. The van der Waals surface area contributed by atoms with Crippen molar-refractivity contribution in [2.45, 2.75) is 5.16 Å². The Balaban J connectivity index is 2.56. The van der Waals surface area contributed by atoms with E-state index in [4.69, 9.17) is 0 Å². The Morgan fingerprint density at radius 3 is 3.10 bits per heavy atom. The zero-order chi connectivity index (χ0) is 7.40. The summed E-state index contributed by atoms with van der Waals surface area (Å²) in [5.41, 5.74) is 0. The summed E-state index contributed by atoms with van der Waals surface area (Å²) in [4.78, 5) is 0. The molecule has 0 saturated heterocycles. The minimum atomic E-state index is 0.716. The minimum absolute atomic E-state index is 0.716. The molecule has 0 aromatic carbocycles. The summed E-state index contributed by atoms with van der Waals surface area (Å²) >= 11 is 1.51. The Bertz CT molecular complexity index is 219. The van der Waals surface area contributed by atoms with Crippen LogP contribution in [-0.4, -0.2) is 26.0 Å². The molecule has 1 aromatic rings. The van der Waals surface area contributed by atoms with Gasteiger partial charge in [-0.1, -0.05) is 18.3 Å². The van der Waals surface area contributed by atoms with Crippen molar-refractivity contribution in [1.82, 2.24) is 20.2 Å². The Kier molecular flexibility index (Phi) is 2.44. The standard InChI is InChI=1S/C5H7N4S/c1-3-4-10-5-6-7-8-9(5)2/h1,4H2,2H3. The van der Waals surface area contributed by atoms with Crippen molar-refractivity contribution >= 4 is 11.8 Å². The molecule has 0 spiro atoms. The largest absolute Gasteiger partial charge is 0.224 e. The molecule has 0 amide bonds. The van der Waals surface area contributed by atoms with Gasteiger partial charge in [0.05, 0.1) is 0 Å². The fraction of sp³-hybridized carbons (Fsp3) is 0.400. The van der Waals surface area contributed by atoms with Gasteiger partial charge >= 0.3 is 0 Å². The van der Waals surface area contributed by atoms with E-state index in [0.717, 1.165) is 5.16 Å². The zero-order valence-electron chi connectivity index (χ0n) is 5.61. The highest BCUT2D eigenvalue weighted by molar-refractivity contribution is 7.99. The molecule has 10 heavy (non-hydrogen) atoms. The molecular formula is C5H7N4S. The number of aryl methyl sites for hydroxylation is 1. The molecule has 1 rings (SSSR count). The fourth-order valence-electron chi connectivity index (χ4n) is 0.459. The van der Waals surface area contributed by atoms with Crippen LogP contribution in [-0.2, 0) is 7.05 Å². The van der Waals surface area contributed by atoms with E-state index in [0.29, 0.717) is 5.75 Å². The van der Waals surface area contributed by atoms with E-state index in [-0.39, 0.29) is 0 Å². The monoisotopic (exact) mass is 155 g/mol. The van der Waals surface area contributed by atoms with E-state index in [1.54, 1.807) is 11.7 Å². The molecule has 53 valence electrons. The number of thioether (sulfide) groups is 1. The van der Waals surface area contributed by atoms with Crippen molar-refractivity contribution in [3.8, 4) is 0 Å². The molecule has 0 aliphatic carbocycles. The molecule has 0 atom stereocenters. The van der Waals surface area contributed by atoms with Gasteiger partial charge in [0.25, 0.3) is 0 Å². The van der Waals surface area contributed by atoms with Crippen molar-refractivity contribution in [1.29, 1.82) is 0 Å². The van der Waals surface area contributed by atoms with Crippen LogP contribution in [0.25, 0.3) is 0 Å². The van der Waals surface area contributed by atoms with Gasteiger partial charge in [0, 0.05) is 12.8 Å². The summed E-state index contributed by atoms with van der Waals surface area (Å²) in [6, 6.07) is 0.